The highest BCUT2D eigenvalue weighted by Crippen LogP contribution is 2.09. The molecule has 0 bridgehead atoms. The predicted octanol–water partition coefficient (Wildman–Crippen LogP) is 2.94. The second-order valence-corrected chi connectivity index (χ2v) is 4.93. The molecule has 0 radical (unpaired) electrons. The monoisotopic (exact) mass is 266 g/mol. The molecule has 3 nitrogen and oxygen atoms in total. The number of ether oxygens (including phenoxy) is 1. The van der Waals surface area contributed by atoms with E-state index in [-0.39, 0.29) is 0 Å². The fourth-order valence-electron chi connectivity index (χ4n) is 1.53. The van der Waals surface area contributed by atoms with E-state index in [0.29, 0.717) is 11.1 Å². The van der Waals surface area contributed by atoms with E-state index in [1.807, 2.05) is 24.3 Å². The van der Waals surface area contributed by atoms with E-state index in [1.54, 1.807) is 0 Å². The maximum absolute atomic E-state index is 5.54. The molecule has 0 amide bonds. The molecule has 0 aromatic heterocycles. The molecule has 1 rings (SSSR count). The van der Waals surface area contributed by atoms with Crippen LogP contribution in [0.15, 0.2) is 24.3 Å². The molecular formula is C14H22N2OS. The van der Waals surface area contributed by atoms with Crippen molar-refractivity contribution >= 4 is 22.9 Å². The van der Waals surface area contributed by atoms with Crippen LogP contribution in [0.3, 0.4) is 0 Å². The van der Waals surface area contributed by atoms with Gasteiger partial charge < -0.3 is 15.8 Å². The number of hydrogen-bond donors (Lipinski definition) is 2. The maximum atomic E-state index is 5.54. The highest BCUT2D eigenvalue weighted by atomic mass is 32.1. The van der Waals surface area contributed by atoms with Gasteiger partial charge in [0.2, 0.25) is 0 Å². The van der Waals surface area contributed by atoms with E-state index in [1.165, 1.54) is 0 Å². The molecule has 1 aromatic rings. The lowest BCUT2D eigenvalue weighted by atomic mass is 10.2. The Labute approximate surface area is 115 Å². The summed E-state index contributed by atoms with van der Waals surface area (Å²) < 4.78 is 5.48. The van der Waals surface area contributed by atoms with Crippen molar-refractivity contribution in [1.29, 1.82) is 0 Å². The molecule has 0 atom stereocenters. The van der Waals surface area contributed by atoms with Crippen molar-refractivity contribution in [3.8, 4) is 0 Å². The highest BCUT2D eigenvalue weighted by molar-refractivity contribution is 7.80. The van der Waals surface area contributed by atoms with Crippen LogP contribution in [0.5, 0.6) is 0 Å². The van der Waals surface area contributed by atoms with Gasteiger partial charge in [0.15, 0.2) is 0 Å². The van der Waals surface area contributed by atoms with Crippen molar-refractivity contribution in [1.82, 2.24) is 0 Å². The second kappa shape index (κ2) is 8.06. The van der Waals surface area contributed by atoms with E-state index in [4.69, 9.17) is 22.7 Å². The Balaban J connectivity index is 2.17. The molecule has 0 spiro atoms. The summed E-state index contributed by atoms with van der Waals surface area (Å²) in [7, 11) is 0. The normalized spacial score (nSPS) is 10.6. The number of unbranched alkanes of at least 4 members (excludes halogenated alkanes) is 1. The van der Waals surface area contributed by atoms with E-state index in [2.05, 4.69) is 19.2 Å². The van der Waals surface area contributed by atoms with E-state index in [0.717, 1.165) is 37.2 Å². The quantitative estimate of drug-likeness (QED) is 0.561. The molecule has 0 saturated heterocycles. The van der Waals surface area contributed by atoms with Gasteiger partial charge in [-0.2, -0.15) is 0 Å². The van der Waals surface area contributed by atoms with Crippen molar-refractivity contribution in [2.24, 2.45) is 5.73 Å². The first kappa shape index (κ1) is 14.9. The summed E-state index contributed by atoms with van der Waals surface area (Å²) in [5.74, 6) is 0. The van der Waals surface area contributed by atoms with Crippen molar-refractivity contribution < 1.29 is 4.74 Å². The maximum Gasteiger partial charge on any atom is 0.103 e. The van der Waals surface area contributed by atoms with Crippen molar-refractivity contribution in [3.63, 3.8) is 0 Å². The minimum absolute atomic E-state index is 0.325. The largest absolute Gasteiger partial charge is 0.389 e. The molecule has 0 aliphatic heterocycles. The Kier molecular flexibility index (Phi) is 6.68. The summed E-state index contributed by atoms with van der Waals surface area (Å²) in [6, 6.07) is 7.87. The van der Waals surface area contributed by atoms with Crippen LogP contribution in [0.2, 0.25) is 0 Å². The lowest BCUT2D eigenvalue weighted by molar-refractivity contribution is 0.0765. The average Bonchev–Trinajstić information content (AvgIpc) is 2.34. The third-order valence-corrected chi connectivity index (χ3v) is 2.76. The van der Waals surface area contributed by atoms with Crippen LogP contribution >= 0.6 is 12.2 Å². The minimum atomic E-state index is 0.325. The molecule has 1 aromatic carbocycles. The van der Waals surface area contributed by atoms with E-state index in [9.17, 15) is 0 Å². The average molecular weight is 266 g/mol. The number of anilines is 1. The smallest absolute Gasteiger partial charge is 0.103 e. The van der Waals surface area contributed by atoms with E-state index < -0.39 is 0 Å². The third kappa shape index (κ3) is 5.98. The van der Waals surface area contributed by atoms with Gasteiger partial charge in [0.05, 0.1) is 6.10 Å². The Morgan fingerprint density at radius 2 is 1.94 bits per heavy atom. The van der Waals surface area contributed by atoms with Gasteiger partial charge in [0.1, 0.15) is 4.99 Å². The number of rotatable bonds is 8. The first-order valence-electron chi connectivity index (χ1n) is 6.35. The minimum Gasteiger partial charge on any atom is -0.389 e. The van der Waals surface area contributed by atoms with Gasteiger partial charge in [-0.15, -0.1) is 0 Å². The zero-order chi connectivity index (χ0) is 13.4. The van der Waals surface area contributed by atoms with Crippen LogP contribution in [0, 0.1) is 0 Å². The standard InChI is InChI=1S/C14H22N2OS/c1-11(2)17-10-4-3-9-16-13-7-5-12(6-8-13)14(15)18/h5-8,11,16H,3-4,9-10H2,1-2H3,(H2,15,18). The summed E-state index contributed by atoms with van der Waals surface area (Å²) >= 11 is 4.91. The van der Waals surface area contributed by atoms with Crippen LogP contribution in [0.1, 0.15) is 32.3 Å². The fourth-order valence-corrected chi connectivity index (χ4v) is 1.67. The summed E-state index contributed by atoms with van der Waals surface area (Å²) in [4.78, 5) is 0.437. The molecule has 0 heterocycles. The zero-order valence-corrected chi connectivity index (χ0v) is 11.9. The van der Waals surface area contributed by atoms with Gasteiger partial charge in [-0.05, 0) is 51.0 Å². The van der Waals surface area contributed by atoms with Gasteiger partial charge in [0, 0.05) is 24.4 Å². The predicted molar refractivity (Wildman–Crippen MR) is 81.1 cm³/mol. The lowest BCUT2D eigenvalue weighted by Gasteiger charge is -2.09. The molecule has 18 heavy (non-hydrogen) atoms. The van der Waals surface area contributed by atoms with Gasteiger partial charge in [-0.3, -0.25) is 0 Å². The Bertz CT molecular complexity index is 363. The van der Waals surface area contributed by atoms with Gasteiger partial charge in [0.25, 0.3) is 0 Å². The summed E-state index contributed by atoms with van der Waals surface area (Å²) in [6.45, 7) is 5.90. The van der Waals surface area contributed by atoms with Gasteiger partial charge in [-0.1, -0.05) is 12.2 Å². The van der Waals surface area contributed by atoms with E-state index >= 15 is 0 Å². The van der Waals surface area contributed by atoms with Gasteiger partial charge >= 0.3 is 0 Å². The van der Waals surface area contributed by atoms with Crippen molar-refractivity contribution in [3.05, 3.63) is 29.8 Å². The first-order chi connectivity index (χ1) is 8.59. The number of thiocarbonyl (C=S) groups is 1. The fraction of sp³-hybridized carbons (Fsp3) is 0.500. The topological polar surface area (TPSA) is 47.3 Å². The Hall–Kier alpha value is -1.13. The molecule has 0 unspecified atom stereocenters. The number of hydrogen-bond acceptors (Lipinski definition) is 3. The Morgan fingerprint density at radius 1 is 1.28 bits per heavy atom. The molecule has 100 valence electrons. The molecule has 0 saturated carbocycles. The van der Waals surface area contributed by atoms with Crippen LogP contribution in [-0.4, -0.2) is 24.2 Å². The molecule has 0 aliphatic rings. The molecule has 3 N–H and O–H groups in total. The molecular weight excluding hydrogens is 244 g/mol. The summed E-state index contributed by atoms with van der Waals surface area (Å²) in [5, 5.41) is 3.36. The number of nitrogens with two attached hydrogens (primary N) is 1. The molecule has 4 heteroatoms. The SMILES string of the molecule is CC(C)OCCCCNc1ccc(C(N)=S)cc1. The zero-order valence-electron chi connectivity index (χ0n) is 11.1. The van der Waals surface area contributed by atoms with Crippen LogP contribution in [0.4, 0.5) is 5.69 Å². The van der Waals surface area contributed by atoms with Crippen LogP contribution in [-0.2, 0) is 4.74 Å². The first-order valence-corrected chi connectivity index (χ1v) is 6.76. The summed E-state index contributed by atoms with van der Waals surface area (Å²) in [5.41, 5.74) is 7.54. The van der Waals surface area contributed by atoms with Crippen molar-refractivity contribution in [2.45, 2.75) is 32.8 Å². The lowest BCUT2D eigenvalue weighted by Crippen LogP contribution is -2.09. The van der Waals surface area contributed by atoms with Crippen molar-refractivity contribution in [2.75, 3.05) is 18.5 Å². The Morgan fingerprint density at radius 3 is 2.50 bits per heavy atom. The van der Waals surface area contributed by atoms with Gasteiger partial charge in [-0.25, -0.2) is 0 Å². The molecule has 0 fully saturated rings. The number of benzene rings is 1. The second-order valence-electron chi connectivity index (χ2n) is 4.50. The van der Waals surface area contributed by atoms with Crippen LogP contribution < -0.4 is 11.1 Å². The molecule has 0 aliphatic carbocycles. The highest BCUT2D eigenvalue weighted by Gasteiger charge is 1.97. The van der Waals surface area contributed by atoms with Crippen LogP contribution in [0.25, 0.3) is 0 Å². The summed E-state index contributed by atoms with van der Waals surface area (Å²) in [6.07, 6.45) is 2.51. The number of nitrogens with one attached hydrogen (secondary N) is 1. The third-order valence-electron chi connectivity index (χ3n) is 2.52.